The molecule has 3 N–H and O–H groups in total. The van der Waals surface area contributed by atoms with Gasteiger partial charge in [-0.05, 0) is 31.9 Å². The van der Waals surface area contributed by atoms with E-state index in [0.29, 0.717) is 43.2 Å². The van der Waals surface area contributed by atoms with E-state index in [1.54, 1.807) is 25.3 Å². The van der Waals surface area contributed by atoms with E-state index in [0.717, 1.165) is 0 Å². The zero-order chi connectivity index (χ0) is 15.9. The van der Waals surface area contributed by atoms with Crippen LogP contribution >= 0.6 is 0 Å². The Morgan fingerprint density at radius 3 is 2.38 bits per heavy atom. The predicted molar refractivity (Wildman–Crippen MR) is 84.9 cm³/mol. The Bertz CT molecular complexity index is 462. The first kappa shape index (κ1) is 17.3. The third kappa shape index (κ3) is 3.88. The van der Waals surface area contributed by atoms with Gasteiger partial charge in [-0.2, -0.15) is 0 Å². The van der Waals surface area contributed by atoms with Crippen molar-refractivity contribution >= 4 is 11.6 Å². The zero-order valence-electron chi connectivity index (χ0n) is 13.4. The van der Waals surface area contributed by atoms with Crippen molar-refractivity contribution in [3.8, 4) is 11.5 Å². The molecule has 1 aromatic carbocycles. The number of hydrogen-bond acceptors (Lipinski definition) is 4. The normalized spacial score (nSPS) is 11.1. The number of rotatable bonds is 8. The molecule has 5 heteroatoms. The van der Waals surface area contributed by atoms with Crippen LogP contribution < -0.4 is 20.5 Å². The predicted octanol–water partition coefficient (Wildman–Crippen LogP) is 2.80. The van der Waals surface area contributed by atoms with E-state index < -0.39 is 5.41 Å². The van der Waals surface area contributed by atoms with Gasteiger partial charge in [-0.25, -0.2) is 0 Å². The highest BCUT2D eigenvalue weighted by atomic mass is 16.5. The average Bonchev–Trinajstić information content (AvgIpc) is 2.50. The van der Waals surface area contributed by atoms with Gasteiger partial charge in [-0.3, -0.25) is 4.79 Å². The van der Waals surface area contributed by atoms with E-state index in [9.17, 15) is 4.79 Å². The molecule has 0 spiro atoms. The van der Waals surface area contributed by atoms with Crippen molar-refractivity contribution < 1.29 is 14.3 Å². The van der Waals surface area contributed by atoms with E-state index in [1.807, 2.05) is 20.8 Å². The van der Waals surface area contributed by atoms with E-state index in [2.05, 4.69) is 5.32 Å². The molecule has 0 radical (unpaired) electrons. The number of carbonyl (C=O) groups excluding carboxylic acids is 1. The number of carbonyl (C=O) groups is 1. The summed E-state index contributed by atoms with van der Waals surface area (Å²) in [5, 5.41) is 2.93. The van der Waals surface area contributed by atoms with Gasteiger partial charge in [0.25, 0.3) is 0 Å². The van der Waals surface area contributed by atoms with Crippen LogP contribution in [0.25, 0.3) is 0 Å². The minimum atomic E-state index is -0.522. The number of anilines is 1. The van der Waals surface area contributed by atoms with Gasteiger partial charge in [0.05, 0.1) is 19.1 Å². The van der Waals surface area contributed by atoms with Crippen LogP contribution in [0.4, 0.5) is 5.69 Å². The molecule has 0 aliphatic rings. The van der Waals surface area contributed by atoms with E-state index >= 15 is 0 Å². The Balaban J connectivity index is 2.97. The molecule has 1 rings (SSSR count). The molecule has 0 bridgehead atoms. The van der Waals surface area contributed by atoms with E-state index in [4.69, 9.17) is 15.2 Å². The monoisotopic (exact) mass is 294 g/mol. The number of amides is 1. The van der Waals surface area contributed by atoms with Gasteiger partial charge in [0.15, 0.2) is 11.5 Å². The van der Waals surface area contributed by atoms with Crippen molar-refractivity contribution in [3.05, 3.63) is 18.2 Å². The molecule has 0 atom stereocenters. The maximum Gasteiger partial charge on any atom is 0.231 e. The van der Waals surface area contributed by atoms with Crippen molar-refractivity contribution in [3.63, 3.8) is 0 Å². The molecule has 0 aliphatic carbocycles. The summed E-state index contributed by atoms with van der Waals surface area (Å²) in [6.07, 6.45) is 1.42. The fraction of sp³-hybridized carbons (Fsp3) is 0.562. The van der Waals surface area contributed by atoms with Gasteiger partial charge in [0.2, 0.25) is 5.91 Å². The lowest BCUT2D eigenvalue weighted by Crippen LogP contribution is -2.41. The summed E-state index contributed by atoms with van der Waals surface area (Å²) >= 11 is 0. The SMILES string of the molecule is CCOc1cc(NC(=O)C(CC)(CC)CN)ccc1OC. The Labute approximate surface area is 126 Å². The Kier molecular flexibility index (Phi) is 6.49. The zero-order valence-corrected chi connectivity index (χ0v) is 13.4. The standard InChI is InChI=1S/C16H26N2O3/c1-5-16(6-2,11-17)15(19)18-12-8-9-13(20-4)14(10-12)21-7-3/h8-10H,5-7,11,17H2,1-4H3,(H,18,19). The lowest BCUT2D eigenvalue weighted by atomic mass is 9.81. The van der Waals surface area contributed by atoms with Gasteiger partial charge >= 0.3 is 0 Å². The molecule has 0 fully saturated rings. The summed E-state index contributed by atoms with van der Waals surface area (Å²) in [7, 11) is 1.59. The first-order chi connectivity index (χ1) is 10.1. The third-order valence-corrected chi connectivity index (χ3v) is 3.95. The smallest absolute Gasteiger partial charge is 0.231 e. The van der Waals surface area contributed by atoms with Crippen LogP contribution in [0.15, 0.2) is 18.2 Å². The number of nitrogens with one attached hydrogen (secondary N) is 1. The van der Waals surface area contributed by atoms with Crippen molar-refractivity contribution in [2.24, 2.45) is 11.1 Å². The molecule has 1 amide bonds. The molecule has 1 aromatic rings. The maximum absolute atomic E-state index is 12.5. The molecule has 21 heavy (non-hydrogen) atoms. The minimum absolute atomic E-state index is 0.0531. The summed E-state index contributed by atoms with van der Waals surface area (Å²) in [5.74, 6) is 1.21. The highest BCUT2D eigenvalue weighted by molar-refractivity contribution is 5.95. The summed E-state index contributed by atoms with van der Waals surface area (Å²) in [6, 6.07) is 5.35. The second kappa shape index (κ2) is 7.88. The molecular formula is C16H26N2O3. The molecule has 0 heterocycles. The largest absolute Gasteiger partial charge is 0.493 e. The molecule has 0 saturated carbocycles. The fourth-order valence-corrected chi connectivity index (χ4v) is 2.24. The molecule has 118 valence electrons. The van der Waals surface area contributed by atoms with Crippen molar-refractivity contribution in [1.82, 2.24) is 0 Å². The highest BCUT2D eigenvalue weighted by Gasteiger charge is 2.33. The van der Waals surface area contributed by atoms with Crippen LogP contribution in [0, 0.1) is 5.41 Å². The number of methoxy groups -OCH3 is 1. The van der Waals surface area contributed by atoms with Crippen molar-refractivity contribution in [2.45, 2.75) is 33.6 Å². The Morgan fingerprint density at radius 1 is 1.24 bits per heavy atom. The van der Waals surface area contributed by atoms with Crippen LogP contribution in [0.5, 0.6) is 11.5 Å². The van der Waals surface area contributed by atoms with E-state index in [1.165, 1.54) is 0 Å². The molecule has 0 saturated heterocycles. The second-order valence-corrected chi connectivity index (χ2v) is 4.94. The Hall–Kier alpha value is -1.75. The van der Waals surface area contributed by atoms with Gasteiger partial charge in [0.1, 0.15) is 0 Å². The number of nitrogens with two attached hydrogens (primary N) is 1. The molecule has 0 unspecified atom stereocenters. The minimum Gasteiger partial charge on any atom is -0.493 e. The van der Waals surface area contributed by atoms with Crippen LogP contribution in [-0.4, -0.2) is 26.2 Å². The van der Waals surface area contributed by atoms with Crippen molar-refractivity contribution in [2.75, 3.05) is 25.6 Å². The maximum atomic E-state index is 12.5. The summed E-state index contributed by atoms with van der Waals surface area (Å²) < 4.78 is 10.7. The quantitative estimate of drug-likeness (QED) is 0.773. The van der Waals surface area contributed by atoms with Gasteiger partial charge < -0.3 is 20.5 Å². The fourth-order valence-electron chi connectivity index (χ4n) is 2.24. The summed E-state index contributed by atoms with van der Waals surface area (Å²) in [5.41, 5.74) is 5.96. The molecule has 0 aromatic heterocycles. The van der Waals surface area contributed by atoms with Crippen molar-refractivity contribution in [1.29, 1.82) is 0 Å². The third-order valence-electron chi connectivity index (χ3n) is 3.95. The van der Waals surface area contributed by atoms with Crippen LogP contribution in [0.3, 0.4) is 0 Å². The van der Waals surface area contributed by atoms with Gasteiger partial charge in [-0.15, -0.1) is 0 Å². The molecular weight excluding hydrogens is 268 g/mol. The first-order valence-corrected chi connectivity index (χ1v) is 7.39. The van der Waals surface area contributed by atoms with E-state index in [-0.39, 0.29) is 5.91 Å². The average molecular weight is 294 g/mol. The lowest BCUT2D eigenvalue weighted by molar-refractivity contribution is -0.125. The summed E-state index contributed by atoms with van der Waals surface area (Å²) in [6.45, 7) is 6.73. The number of benzene rings is 1. The van der Waals surface area contributed by atoms with Crippen LogP contribution in [-0.2, 0) is 4.79 Å². The highest BCUT2D eigenvalue weighted by Crippen LogP contribution is 2.32. The molecule has 5 nitrogen and oxygen atoms in total. The number of hydrogen-bond donors (Lipinski definition) is 2. The first-order valence-electron chi connectivity index (χ1n) is 7.39. The second-order valence-electron chi connectivity index (χ2n) is 4.94. The van der Waals surface area contributed by atoms with Crippen LogP contribution in [0.2, 0.25) is 0 Å². The topological polar surface area (TPSA) is 73.6 Å². The van der Waals surface area contributed by atoms with Gasteiger partial charge in [0, 0.05) is 18.3 Å². The lowest BCUT2D eigenvalue weighted by Gasteiger charge is -2.28. The van der Waals surface area contributed by atoms with Crippen LogP contribution in [0.1, 0.15) is 33.6 Å². The van der Waals surface area contributed by atoms with Gasteiger partial charge in [-0.1, -0.05) is 13.8 Å². The molecule has 0 aliphatic heterocycles. The summed E-state index contributed by atoms with van der Waals surface area (Å²) in [4.78, 5) is 12.5. The number of ether oxygens (including phenoxy) is 2. The Morgan fingerprint density at radius 2 is 1.90 bits per heavy atom.